The van der Waals surface area contributed by atoms with E-state index in [1.807, 2.05) is 6.92 Å². The normalized spacial score (nSPS) is 36.4. The SMILES string of the molecule is CCOC=C(C)C(=O)OC1CC2CCC1(C)C2(C)C. The molecular formula is C16H26O3. The van der Waals surface area contributed by atoms with E-state index in [2.05, 4.69) is 20.8 Å². The van der Waals surface area contributed by atoms with Crippen LogP contribution in [-0.4, -0.2) is 18.7 Å². The fraction of sp³-hybridized carbons (Fsp3) is 0.812. The van der Waals surface area contributed by atoms with Gasteiger partial charge < -0.3 is 9.47 Å². The molecule has 19 heavy (non-hydrogen) atoms. The van der Waals surface area contributed by atoms with E-state index in [1.54, 1.807) is 6.92 Å². The summed E-state index contributed by atoms with van der Waals surface area (Å²) >= 11 is 0. The second-order valence-corrected chi connectivity index (χ2v) is 6.76. The molecule has 0 radical (unpaired) electrons. The van der Waals surface area contributed by atoms with Gasteiger partial charge in [0.25, 0.3) is 0 Å². The van der Waals surface area contributed by atoms with Crippen molar-refractivity contribution in [2.75, 3.05) is 6.61 Å². The minimum absolute atomic E-state index is 0.0544. The third kappa shape index (κ3) is 2.17. The van der Waals surface area contributed by atoms with E-state index in [9.17, 15) is 4.79 Å². The second kappa shape index (κ2) is 4.84. The third-order valence-corrected chi connectivity index (χ3v) is 5.71. The number of fused-ring (bicyclic) bond motifs is 2. The Labute approximate surface area is 116 Å². The summed E-state index contributed by atoms with van der Waals surface area (Å²) in [5.41, 5.74) is 0.945. The third-order valence-electron chi connectivity index (χ3n) is 5.71. The monoisotopic (exact) mass is 266 g/mol. The molecule has 3 nitrogen and oxygen atoms in total. The Morgan fingerprint density at radius 1 is 1.37 bits per heavy atom. The number of carbonyl (C=O) groups is 1. The summed E-state index contributed by atoms with van der Waals surface area (Å²) in [5.74, 6) is 0.453. The Kier molecular flexibility index (Phi) is 3.67. The maximum Gasteiger partial charge on any atom is 0.337 e. The van der Waals surface area contributed by atoms with E-state index in [-0.39, 0.29) is 22.9 Å². The van der Waals surface area contributed by atoms with E-state index < -0.39 is 0 Å². The number of hydrogen-bond donors (Lipinski definition) is 0. The number of esters is 1. The lowest BCUT2D eigenvalue weighted by atomic mass is 9.70. The minimum Gasteiger partial charge on any atom is -0.501 e. The molecule has 3 heteroatoms. The van der Waals surface area contributed by atoms with Gasteiger partial charge in [0.05, 0.1) is 18.4 Å². The molecule has 0 aliphatic heterocycles. The van der Waals surface area contributed by atoms with Crippen LogP contribution in [0.3, 0.4) is 0 Å². The molecule has 0 spiro atoms. The van der Waals surface area contributed by atoms with Crippen LogP contribution in [0.25, 0.3) is 0 Å². The van der Waals surface area contributed by atoms with Crippen LogP contribution in [0.15, 0.2) is 11.8 Å². The van der Waals surface area contributed by atoms with Crippen LogP contribution >= 0.6 is 0 Å². The molecule has 0 aromatic carbocycles. The lowest BCUT2D eigenvalue weighted by Crippen LogP contribution is -2.38. The quantitative estimate of drug-likeness (QED) is 0.442. The maximum atomic E-state index is 12.1. The summed E-state index contributed by atoms with van der Waals surface area (Å²) in [6.07, 6.45) is 5.00. The molecule has 0 heterocycles. The van der Waals surface area contributed by atoms with Crippen molar-refractivity contribution in [1.82, 2.24) is 0 Å². The van der Waals surface area contributed by atoms with Gasteiger partial charge in [-0.3, -0.25) is 0 Å². The van der Waals surface area contributed by atoms with Gasteiger partial charge in [0, 0.05) is 5.41 Å². The van der Waals surface area contributed by atoms with Gasteiger partial charge in [0.2, 0.25) is 0 Å². The number of rotatable bonds is 4. The average Bonchev–Trinajstić information content (AvgIpc) is 2.68. The standard InChI is InChI=1S/C16H26O3/c1-6-18-10-11(2)14(17)19-13-9-12-7-8-16(13,5)15(12,3)4/h10,12-13H,6-9H2,1-5H3. The number of ether oxygens (including phenoxy) is 2. The van der Waals surface area contributed by atoms with Crippen molar-refractivity contribution in [2.24, 2.45) is 16.7 Å². The van der Waals surface area contributed by atoms with Crippen LogP contribution < -0.4 is 0 Å². The van der Waals surface area contributed by atoms with Crippen molar-refractivity contribution >= 4 is 5.97 Å². The summed E-state index contributed by atoms with van der Waals surface area (Å²) in [7, 11) is 0. The fourth-order valence-corrected chi connectivity index (χ4v) is 3.79. The van der Waals surface area contributed by atoms with Gasteiger partial charge in [0.1, 0.15) is 6.10 Å². The van der Waals surface area contributed by atoms with Gasteiger partial charge in [-0.1, -0.05) is 20.8 Å². The first-order valence-corrected chi connectivity index (χ1v) is 7.32. The zero-order chi connectivity index (χ0) is 14.3. The minimum atomic E-state index is -0.233. The molecule has 0 saturated heterocycles. The highest BCUT2D eigenvalue weighted by Gasteiger charge is 2.62. The average molecular weight is 266 g/mol. The fourth-order valence-electron chi connectivity index (χ4n) is 3.79. The molecule has 2 fully saturated rings. The smallest absolute Gasteiger partial charge is 0.337 e. The molecule has 3 atom stereocenters. The molecule has 2 aliphatic rings. The molecule has 108 valence electrons. The van der Waals surface area contributed by atoms with E-state index in [4.69, 9.17) is 9.47 Å². The van der Waals surface area contributed by atoms with Crippen LogP contribution in [0.2, 0.25) is 0 Å². The lowest BCUT2D eigenvalue weighted by Gasteiger charge is -2.38. The zero-order valence-electron chi connectivity index (χ0n) is 12.8. The van der Waals surface area contributed by atoms with Crippen molar-refractivity contribution < 1.29 is 14.3 Å². The van der Waals surface area contributed by atoms with Gasteiger partial charge in [-0.2, -0.15) is 0 Å². The van der Waals surface area contributed by atoms with E-state index in [1.165, 1.54) is 12.7 Å². The Bertz CT molecular complexity index is 397. The van der Waals surface area contributed by atoms with Gasteiger partial charge in [-0.05, 0) is 44.4 Å². The summed E-state index contributed by atoms with van der Waals surface area (Å²) in [4.78, 5) is 12.1. The number of carbonyl (C=O) groups excluding carboxylic acids is 1. The van der Waals surface area contributed by atoms with Crippen LogP contribution in [0.5, 0.6) is 0 Å². The molecule has 0 aromatic rings. The van der Waals surface area contributed by atoms with Crippen molar-refractivity contribution in [2.45, 2.75) is 60.0 Å². The lowest BCUT2D eigenvalue weighted by molar-refractivity contribution is -0.152. The summed E-state index contributed by atoms with van der Waals surface area (Å²) in [6, 6.07) is 0. The Morgan fingerprint density at radius 2 is 2.05 bits per heavy atom. The highest BCUT2D eigenvalue weighted by molar-refractivity contribution is 5.87. The zero-order valence-corrected chi connectivity index (χ0v) is 12.8. The predicted molar refractivity (Wildman–Crippen MR) is 74.5 cm³/mol. The van der Waals surface area contributed by atoms with Crippen molar-refractivity contribution in [3.8, 4) is 0 Å². The largest absolute Gasteiger partial charge is 0.501 e. The molecule has 3 unspecified atom stereocenters. The maximum absolute atomic E-state index is 12.1. The Hall–Kier alpha value is -0.990. The molecule has 0 amide bonds. The first-order chi connectivity index (χ1) is 8.83. The van der Waals surface area contributed by atoms with E-state index >= 15 is 0 Å². The van der Waals surface area contributed by atoms with Crippen molar-refractivity contribution in [3.63, 3.8) is 0 Å². The number of hydrogen-bond acceptors (Lipinski definition) is 3. The van der Waals surface area contributed by atoms with Crippen LogP contribution in [0.4, 0.5) is 0 Å². The Balaban J connectivity index is 2.04. The topological polar surface area (TPSA) is 35.5 Å². The highest BCUT2D eigenvalue weighted by Crippen LogP contribution is 2.66. The van der Waals surface area contributed by atoms with Crippen LogP contribution in [-0.2, 0) is 14.3 Å². The van der Waals surface area contributed by atoms with Gasteiger partial charge in [-0.15, -0.1) is 0 Å². The summed E-state index contributed by atoms with van der Waals surface area (Å²) < 4.78 is 10.9. The highest BCUT2D eigenvalue weighted by atomic mass is 16.5. The second-order valence-electron chi connectivity index (χ2n) is 6.76. The molecule has 2 aliphatic carbocycles. The van der Waals surface area contributed by atoms with E-state index in [0.29, 0.717) is 18.1 Å². The van der Waals surface area contributed by atoms with Gasteiger partial charge in [-0.25, -0.2) is 4.79 Å². The molecule has 0 N–H and O–H groups in total. The van der Waals surface area contributed by atoms with Crippen molar-refractivity contribution in [1.29, 1.82) is 0 Å². The van der Waals surface area contributed by atoms with Crippen LogP contribution in [0.1, 0.15) is 53.9 Å². The first kappa shape index (κ1) is 14.4. The first-order valence-electron chi connectivity index (χ1n) is 7.32. The molecular weight excluding hydrogens is 240 g/mol. The van der Waals surface area contributed by atoms with Crippen LogP contribution in [0, 0.1) is 16.7 Å². The van der Waals surface area contributed by atoms with Crippen molar-refractivity contribution in [3.05, 3.63) is 11.8 Å². The van der Waals surface area contributed by atoms with Gasteiger partial charge in [0.15, 0.2) is 0 Å². The molecule has 2 bridgehead atoms. The molecule has 2 saturated carbocycles. The molecule has 2 rings (SSSR count). The Morgan fingerprint density at radius 3 is 2.53 bits per heavy atom. The molecule has 0 aromatic heterocycles. The van der Waals surface area contributed by atoms with E-state index in [0.717, 1.165) is 12.8 Å². The summed E-state index contributed by atoms with van der Waals surface area (Å²) in [5, 5.41) is 0. The summed E-state index contributed by atoms with van der Waals surface area (Å²) in [6.45, 7) is 11.1. The predicted octanol–water partition coefficient (Wildman–Crippen LogP) is 3.68. The van der Waals surface area contributed by atoms with Gasteiger partial charge >= 0.3 is 5.97 Å².